The van der Waals surface area contributed by atoms with Crippen LogP contribution in [0.15, 0.2) is 71.3 Å². The largest absolute Gasteiger partial charge is 0.459 e. The number of piperazine rings is 1. The summed E-state index contributed by atoms with van der Waals surface area (Å²) in [4.78, 5) is 33.9. The molecule has 0 spiro atoms. The van der Waals surface area contributed by atoms with E-state index in [0.29, 0.717) is 24.3 Å². The summed E-state index contributed by atoms with van der Waals surface area (Å²) in [6.07, 6.45) is 1.45. The predicted molar refractivity (Wildman–Crippen MR) is 124 cm³/mol. The molecule has 0 atom stereocenters. The van der Waals surface area contributed by atoms with Gasteiger partial charge in [-0.05, 0) is 48.5 Å². The molecule has 0 unspecified atom stereocenters. The number of carbonyl (C=O) groups excluding carboxylic acids is 2. The average molecular weight is 447 g/mol. The summed E-state index contributed by atoms with van der Waals surface area (Å²) in [5.74, 6) is -0.0688. The van der Waals surface area contributed by atoms with Gasteiger partial charge >= 0.3 is 0 Å². The second-order valence-electron chi connectivity index (χ2n) is 7.65. The number of hydrogen-bond acceptors (Lipinski definition) is 6. The van der Waals surface area contributed by atoms with E-state index in [0.717, 1.165) is 30.2 Å². The molecular weight excluding hydrogens is 424 g/mol. The maximum atomic E-state index is 12.9. The maximum absolute atomic E-state index is 12.9. The van der Waals surface area contributed by atoms with Gasteiger partial charge < -0.3 is 14.6 Å². The van der Waals surface area contributed by atoms with E-state index in [2.05, 4.69) is 16.3 Å². The Labute approximate surface area is 189 Å². The lowest BCUT2D eigenvalue weighted by molar-refractivity contribution is 0.0628. The number of aromatic nitrogens is 1. The molecule has 1 aliphatic heterocycles. The van der Waals surface area contributed by atoms with Crippen molar-refractivity contribution in [3.8, 4) is 0 Å². The summed E-state index contributed by atoms with van der Waals surface area (Å²) in [7, 11) is 0. The minimum absolute atomic E-state index is 0.00791. The van der Waals surface area contributed by atoms with Crippen LogP contribution in [-0.2, 0) is 6.54 Å². The van der Waals surface area contributed by atoms with Crippen LogP contribution < -0.4 is 5.32 Å². The molecular formula is C24H22N4O3S. The molecule has 0 radical (unpaired) electrons. The van der Waals surface area contributed by atoms with Crippen LogP contribution >= 0.6 is 11.3 Å². The van der Waals surface area contributed by atoms with E-state index in [1.807, 2.05) is 23.1 Å². The number of nitrogens with zero attached hydrogens (tertiary/aromatic N) is 3. The molecule has 4 aromatic rings. The molecule has 0 saturated carbocycles. The highest BCUT2D eigenvalue weighted by atomic mass is 32.1. The lowest BCUT2D eigenvalue weighted by atomic mass is 10.1. The number of fused-ring (bicyclic) bond motifs is 1. The fraction of sp³-hybridized carbons (Fsp3) is 0.208. The first kappa shape index (κ1) is 20.4. The fourth-order valence-corrected chi connectivity index (χ4v) is 4.78. The van der Waals surface area contributed by atoms with Crippen molar-refractivity contribution in [2.75, 3.05) is 31.5 Å². The van der Waals surface area contributed by atoms with E-state index in [9.17, 15) is 9.59 Å². The standard InChI is InChI=1S/C24H22N4O3S/c29-23(20-5-3-15-31-20)25-18-9-7-17(8-10-18)24(30)28-13-11-27(12-14-28)16-22-26-19-4-1-2-6-21(19)32-22/h1-10,15H,11-14,16H2,(H,25,29). The second-order valence-corrected chi connectivity index (χ2v) is 8.77. The summed E-state index contributed by atoms with van der Waals surface area (Å²) in [6.45, 7) is 3.81. The number of furan rings is 1. The molecule has 0 aliphatic carbocycles. The number of rotatable bonds is 5. The van der Waals surface area contributed by atoms with E-state index in [1.54, 1.807) is 47.7 Å². The van der Waals surface area contributed by atoms with Crippen molar-refractivity contribution >= 4 is 39.1 Å². The van der Waals surface area contributed by atoms with Gasteiger partial charge in [0.2, 0.25) is 0 Å². The quantitative estimate of drug-likeness (QED) is 0.499. The van der Waals surface area contributed by atoms with Gasteiger partial charge in [0.1, 0.15) is 5.01 Å². The van der Waals surface area contributed by atoms with Crippen LogP contribution in [0.5, 0.6) is 0 Å². The topological polar surface area (TPSA) is 78.7 Å². The Bertz CT molecular complexity index is 1190. The van der Waals surface area contributed by atoms with Crippen LogP contribution in [0.4, 0.5) is 5.69 Å². The highest BCUT2D eigenvalue weighted by Crippen LogP contribution is 2.23. The fourth-order valence-electron chi connectivity index (χ4n) is 3.77. The van der Waals surface area contributed by atoms with E-state index < -0.39 is 0 Å². The highest BCUT2D eigenvalue weighted by Gasteiger charge is 2.23. The number of thiazole rings is 1. The molecule has 32 heavy (non-hydrogen) atoms. The van der Waals surface area contributed by atoms with Crippen molar-refractivity contribution in [2.45, 2.75) is 6.54 Å². The SMILES string of the molecule is O=C(Nc1ccc(C(=O)N2CCN(Cc3nc4ccccc4s3)CC2)cc1)c1ccco1. The summed E-state index contributed by atoms with van der Waals surface area (Å²) in [5, 5.41) is 3.87. The number of amides is 2. The Morgan fingerprint density at radius 2 is 1.75 bits per heavy atom. The minimum Gasteiger partial charge on any atom is -0.459 e. The third kappa shape index (κ3) is 4.42. The second kappa shape index (κ2) is 8.94. The number of nitrogens with one attached hydrogen (secondary N) is 1. The van der Waals surface area contributed by atoms with Gasteiger partial charge in [-0.1, -0.05) is 12.1 Å². The molecule has 2 amide bonds. The molecule has 3 heterocycles. The van der Waals surface area contributed by atoms with Gasteiger partial charge in [-0.25, -0.2) is 4.98 Å². The summed E-state index contributed by atoms with van der Waals surface area (Å²) >= 11 is 1.73. The summed E-state index contributed by atoms with van der Waals surface area (Å²) in [5.41, 5.74) is 2.27. The lowest BCUT2D eigenvalue weighted by Gasteiger charge is -2.34. The molecule has 1 N–H and O–H groups in total. The van der Waals surface area contributed by atoms with E-state index in [-0.39, 0.29) is 17.6 Å². The third-order valence-corrected chi connectivity index (χ3v) is 6.51. The van der Waals surface area contributed by atoms with Gasteiger partial charge in [0.15, 0.2) is 5.76 Å². The number of hydrogen-bond donors (Lipinski definition) is 1. The van der Waals surface area contributed by atoms with Gasteiger partial charge in [0, 0.05) is 37.4 Å². The Kier molecular flexibility index (Phi) is 5.70. The Morgan fingerprint density at radius 3 is 2.47 bits per heavy atom. The van der Waals surface area contributed by atoms with Gasteiger partial charge in [0.05, 0.1) is 23.0 Å². The van der Waals surface area contributed by atoms with Gasteiger partial charge in [-0.15, -0.1) is 11.3 Å². The molecule has 8 heteroatoms. The molecule has 1 saturated heterocycles. The number of anilines is 1. The molecule has 1 aliphatic rings. The molecule has 5 rings (SSSR count). The van der Waals surface area contributed by atoms with Crippen molar-refractivity contribution in [1.29, 1.82) is 0 Å². The van der Waals surface area contributed by atoms with Crippen LogP contribution in [0.1, 0.15) is 25.9 Å². The Morgan fingerprint density at radius 1 is 0.969 bits per heavy atom. The van der Waals surface area contributed by atoms with Gasteiger partial charge in [0.25, 0.3) is 11.8 Å². The molecule has 2 aromatic heterocycles. The zero-order valence-corrected chi connectivity index (χ0v) is 18.2. The van der Waals surface area contributed by atoms with Crippen molar-refractivity contribution in [2.24, 2.45) is 0 Å². The number of carbonyl (C=O) groups is 2. The zero-order valence-electron chi connectivity index (χ0n) is 17.4. The van der Waals surface area contributed by atoms with Gasteiger partial charge in [-0.2, -0.15) is 0 Å². The van der Waals surface area contributed by atoms with Crippen LogP contribution in [0.25, 0.3) is 10.2 Å². The van der Waals surface area contributed by atoms with Crippen molar-refractivity contribution in [3.05, 3.63) is 83.3 Å². The highest BCUT2D eigenvalue weighted by molar-refractivity contribution is 7.18. The summed E-state index contributed by atoms with van der Waals surface area (Å²) in [6, 6.07) is 18.4. The first-order valence-electron chi connectivity index (χ1n) is 10.5. The monoisotopic (exact) mass is 446 g/mol. The first-order valence-corrected chi connectivity index (χ1v) is 11.3. The first-order chi connectivity index (χ1) is 15.7. The maximum Gasteiger partial charge on any atom is 0.291 e. The third-order valence-electron chi connectivity index (χ3n) is 5.49. The molecule has 2 aromatic carbocycles. The Hall–Kier alpha value is -3.49. The van der Waals surface area contributed by atoms with E-state index in [4.69, 9.17) is 9.40 Å². The normalized spacial score (nSPS) is 14.6. The zero-order chi connectivity index (χ0) is 21.9. The molecule has 7 nitrogen and oxygen atoms in total. The van der Waals surface area contributed by atoms with Crippen LogP contribution in [-0.4, -0.2) is 52.8 Å². The number of para-hydroxylation sites is 1. The molecule has 0 bridgehead atoms. The summed E-state index contributed by atoms with van der Waals surface area (Å²) < 4.78 is 6.30. The minimum atomic E-state index is -0.321. The molecule has 162 valence electrons. The van der Waals surface area contributed by atoms with Crippen LogP contribution in [0.2, 0.25) is 0 Å². The van der Waals surface area contributed by atoms with Crippen molar-refractivity contribution in [3.63, 3.8) is 0 Å². The van der Waals surface area contributed by atoms with Crippen LogP contribution in [0.3, 0.4) is 0 Å². The van der Waals surface area contributed by atoms with Crippen LogP contribution in [0, 0.1) is 0 Å². The predicted octanol–water partition coefficient (Wildman–Crippen LogP) is 4.10. The lowest BCUT2D eigenvalue weighted by Crippen LogP contribution is -2.48. The number of benzene rings is 2. The smallest absolute Gasteiger partial charge is 0.291 e. The van der Waals surface area contributed by atoms with E-state index in [1.165, 1.54) is 11.0 Å². The van der Waals surface area contributed by atoms with Gasteiger partial charge in [-0.3, -0.25) is 14.5 Å². The Balaban J connectivity index is 1.15. The van der Waals surface area contributed by atoms with E-state index >= 15 is 0 Å². The van der Waals surface area contributed by atoms with Crippen molar-refractivity contribution < 1.29 is 14.0 Å². The molecule has 1 fully saturated rings. The average Bonchev–Trinajstić information content (AvgIpc) is 3.49. The van der Waals surface area contributed by atoms with Crippen molar-refractivity contribution in [1.82, 2.24) is 14.8 Å².